The van der Waals surface area contributed by atoms with E-state index in [1.807, 2.05) is 25.4 Å². The van der Waals surface area contributed by atoms with Crippen LogP contribution in [0.4, 0.5) is 0 Å². The summed E-state index contributed by atoms with van der Waals surface area (Å²) in [5.41, 5.74) is 2.08. The van der Waals surface area contributed by atoms with Gasteiger partial charge in [-0.25, -0.2) is 4.98 Å². The van der Waals surface area contributed by atoms with Gasteiger partial charge in [-0.2, -0.15) is 0 Å². The van der Waals surface area contributed by atoms with Crippen molar-refractivity contribution in [1.29, 1.82) is 0 Å². The monoisotopic (exact) mass is 200 g/mol. The van der Waals surface area contributed by atoms with E-state index < -0.39 is 0 Å². The van der Waals surface area contributed by atoms with E-state index in [0.29, 0.717) is 0 Å². The number of ether oxygens (including phenoxy) is 1. The summed E-state index contributed by atoms with van der Waals surface area (Å²) < 4.78 is 5.68. The zero-order valence-electron chi connectivity index (χ0n) is 8.53. The van der Waals surface area contributed by atoms with Gasteiger partial charge in [-0.05, 0) is 25.1 Å². The maximum absolute atomic E-state index is 5.68. The normalized spacial score (nSPS) is 20.3. The smallest absolute Gasteiger partial charge is 0.137 e. The summed E-state index contributed by atoms with van der Waals surface area (Å²) in [4.78, 5) is 7.43. The van der Waals surface area contributed by atoms with Crippen molar-refractivity contribution in [2.45, 2.75) is 19.4 Å². The number of nitrogens with zero attached hydrogens (tertiary/aromatic N) is 1. The van der Waals surface area contributed by atoms with Crippen molar-refractivity contribution < 1.29 is 4.74 Å². The number of allylic oxidation sites excluding steroid dienone is 1. The number of rotatable bonds is 1. The van der Waals surface area contributed by atoms with Crippen LogP contribution in [0.15, 0.2) is 36.4 Å². The molecule has 1 aliphatic heterocycles. The van der Waals surface area contributed by atoms with Gasteiger partial charge in [0.1, 0.15) is 11.8 Å². The minimum Gasteiger partial charge on any atom is -0.490 e. The standard InChI is InChI=1S/C12H12N2O/c1-8-2-3-11(15-8)10-6-9-4-5-13-12(9)14-7-10/h2,4-7,11H,3H2,1H3,(H,13,14). The second-order valence-corrected chi connectivity index (χ2v) is 3.84. The van der Waals surface area contributed by atoms with Gasteiger partial charge in [0.25, 0.3) is 0 Å². The molecule has 0 saturated heterocycles. The lowest BCUT2D eigenvalue weighted by Crippen LogP contribution is -1.97. The number of H-pyrrole nitrogens is 1. The van der Waals surface area contributed by atoms with E-state index in [0.717, 1.165) is 28.8 Å². The molecule has 0 aliphatic carbocycles. The molecule has 0 amide bonds. The summed E-state index contributed by atoms with van der Waals surface area (Å²) >= 11 is 0. The molecule has 3 rings (SSSR count). The fourth-order valence-corrected chi connectivity index (χ4v) is 1.93. The number of aromatic amines is 1. The van der Waals surface area contributed by atoms with Crippen molar-refractivity contribution in [3.8, 4) is 0 Å². The molecule has 2 aromatic rings. The zero-order valence-corrected chi connectivity index (χ0v) is 8.53. The molecule has 2 aromatic heterocycles. The summed E-state index contributed by atoms with van der Waals surface area (Å²) in [5.74, 6) is 1.01. The molecule has 0 spiro atoms. The van der Waals surface area contributed by atoms with E-state index in [9.17, 15) is 0 Å². The third kappa shape index (κ3) is 1.40. The van der Waals surface area contributed by atoms with Gasteiger partial charge in [-0.15, -0.1) is 0 Å². The average molecular weight is 200 g/mol. The molecule has 0 saturated carbocycles. The fraction of sp³-hybridized carbons (Fsp3) is 0.250. The highest BCUT2D eigenvalue weighted by Gasteiger charge is 2.18. The van der Waals surface area contributed by atoms with E-state index in [1.165, 1.54) is 0 Å². The third-order valence-corrected chi connectivity index (χ3v) is 2.74. The van der Waals surface area contributed by atoms with Gasteiger partial charge < -0.3 is 9.72 Å². The second kappa shape index (κ2) is 3.12. The van der Waals surface area contributed by atoms with Crippen LogP contribution in [-0.4, -0.2) is 9.97 Å². The Bertz CT molecular complexity index is 527. The summed E-state index contributed by atoms with van der Waals surface area (Å²) in [7, 11) is 0. The first kappa shape index (κ1) is 8.53. The SMILES string of the molecule is CC1=CCC(c2cnc3[nH]ccc3c2)O1. The number of hydrogen-bond donors (Lipinski definition) is 1. The summed E-state index contributed by atoms with van der Waals surface area (Å²) in [6.07, 6.45) is 7.00. The first-order valence-corrected chi connectivity index (χ1v) is 5.09. The summed E-state index contributed by atoms with van der Waals surface area (Å²) in [6.45, 7) is 1.99. The molecule has 0 radical (unpaired) electrons. The molecule has 0 fully saturated rings. The molecular formula is C12H12N2O. The number of nitrogens with one attached hydrogen (secondary N) is 1. The van der Waals surface area contributed by atoms with Gasteiger partial charge in [-0.3, -0.25) is 0 Å². The molecule has 0 aromatic carbocycles. The minimum absolute atomic E-state index is 0.150. The van der Waals surface area contributed by atoms with Gasteiger partial charge in [0.05, 0.1) is 5.76 Å². The molecule has 1 unspecified atom stereocenters. The molecule has 3 nitrogen and oxygen atoms in total. The van der Waals surface area contributed by atoms with Gasteiger partial charge in [-0.1, -0.05) is 0 Å². The Morgan fingerprint density at radius 1 is 1.53 bits per heavy atom. The van der Waals surface area contributed by atoms with Crippen molar-refractivity contribution in [2.75, 3.05) is 0 Å². The molecule has 76 valence electrons. The molecule has 3 heterocycles. The fourth-order valence-electron chi connectivity index (χ4n) is 1.93. The van der Waals surface area contributed by atoms with Crippen LogP contribution in [0, 0.1) is 0 Å². The number of fused-ring (bicyclic) bond motifs is 1. The van der Waals surface area contributed by atoms with Gasteiger partial charge >= 0.3 is 0 Å². The first-order chi connectivity index (χ1) is 7.33. The van der Waals surface area contributed by atoms with E-state index in [2.05, 4.69) is 22.1 Å². The van der Waals surface area contributed by atoms with Gasteiger partial charge in [0, 0.05) is 29.8 Å². The maximum Gasteiger partial charge on any atom is 0.137 e. The third-order valence-electron chi connectivity index (χ3n) is 2.74. The minimum atomic E-state index is 0.150. The van der Waals surface area contributed by atoms with Crippen molar-refractivity contribution in [2.24, 2.45) is 0 Å². The summed E-state index contributed by atoms with van der Waals surface area (Å²) in [6, 6.07) is 4.16. The highest BCUT2D eigenvalue weighted by atomic mass is 16.5. The predicted molar refractivity (Wildman–Crippen MR) is 58.3 cm³/mol. The van der Waals surface area contributed by atoms with Crippen LogP contribution < -0.4 is 0 Å². The average Bonchev–Trinajstić information content (AvgIpc) is 2.84. The Hall–Kier alpha value is -1.77. The molecule has 1 atom stereocenters. The van der Waals surface area contributed by atoms with Crippen molar-refractivity contribution in [3.63, 3.8) is 0 Å². The predicted octanol–water partition coefficient (Wildman–Crippen LogP) is 2.93. The maximum atomic E-state index is 5.68. The Kier molecular flexibility index (Phi) is 1.78. The Balaban J connectivity index is 1.98. The largest absolute Gasteiger partial charge is 0.490 e. The van der Waals surface area contributed by atoms with Crippen molar-refractivity contribution in [3.05, 3.63) is 41.9 Å². The molecule has 1 aliphatic rings. The van der Waals surface area contributed by atoms with E-state index in [-0.39, 0.29) is 6.10 Å². The van der Waals surface area contributed by atoms with Crippen LogP contribution >= 0.6 is 0 Å². The molecule has 15 heavy (non-hydrogen) atoms. The van der Waals surface area contributed by atoms with Crippen LogP contribution in [-0.2, 0) is 4.74 Å². The topological polar surface area (TPSA) is 37.9 Å². The number of aromatic nitrogens is 2. The van der Waals surface area contributed by atoms with Crippen LogP contribution in [0.25, 0.3) is 11.0 Å². The Labute approximate surface area is 87.8 Å². The van der Waals surface area contributed by atoms with E-state index in [1.54, 1.807) is 0 Å². The lowest BCUT2D eigenvalue weighted by atomic mass is 10.1. The highest BCUT2D eigenvalue weighted by molar-refractivity contribution is 5.75. The van der Waals surface area contributed by atoms with Crippen LogP contribution in [0.1, 0.15) is 25.0 Å². The lowest BCUT2D eigenvalue weighted by Gasteiger charge is -2.11. The van der Waals surface area contributed by atoms with Gasteiger partial charge in [0.2, 0.25) is 0 Å². The number of pyridine rings is 1. The van der Waals surface area contributed by atoms with Gasteiger partial charge in [0.15, 0.2) is 0 Å². The summed E-state index contributed by atoms with van der Waals surface area (Å²) in [5, 5.41) is 1.14. The number of hydrogen-bond acceptors (Lipinski definition) is 2. The van der Waals surface area contributed by atoms with Crippen molar-refractivity contribution in [1.82, 2.24) is 9.97 Å². The van der Waals surface area contributed by atoms with Crippen LogP contribution in [0.5, 0.6) is 0 Å². The van der Waals surface area contributed by atoms with E-state index >= 15 is 0 Å². The van der Waals surface area contributed by atoms with Crippen molar-refractivity contribution >= 4 is 11.0 Å². The van der Waals surface area contributed by atoms with Crippen LogP contribution in [0.2, 0.25) is 0 Å². The molecule has 1 N–H and O–H groups in total. The molecular weight excluding hydrogens is 188 g/mol. The zero-order chi connectivity index (χ0) is 10.3. The van der Waals surface area contributed by atoms with Crippen LogP contribution in [0.3, 0.4) is 0 Å². The molecule has 3 heteroatoms. The second-order valence-electron chi connectivity index (χ2n) is 3.84. The highest BCUT2D eigenvalue weighted by Crippen LogP contribution is 2.31. The Morgan fingerprint density at radius 2 is 2.47 bits per heavy atom. The van der Waals surface area contributed by atoms with E-state index in [4.69, 9.17) is 4.74 Å². The quantitative estimate of drug-likeness (QED) is 0.768. The Morgan fingerprint density at radius 3 is 3.27 bits per heavy atom. The lowest BCUT2D eigenvalue weighted by molar-refractivity contribution is 0.146. The molecule has 0 bridgehead atoms. The first-order valence-electron chi connectivity index (χ1n) is 5.09.